The number of benzene rings is 2. The zero-order valence-corrected chi connectivity index (χ0v) is 15.3. The summed E-state index contributed by atoms with van der Waals surface area (Å²) in [5.74, 6) is -0.913. The summed E-state index contributed by atoms with van der Waals surface area (Å²) in [6.07, 6.45) is -4.72. The van der Waals surface area contributed by atoms with Crippen molar-refractivity contribution < 1.29 is 27.8 Å². The SMILES string of the molecule is CN(CC[C@H](Oc1ccc(Cl)c(C(F)(F)F)c1)c1ccccc1)CC(=O)O. The van der Waals surface area contributed by atoms with Crippen molar-refractivity contribution >= 4 is 17.6 Å². The first kappa shape index (κ1) is 21.1. The largest absolute Gasteiger partial charge is 0.486 e. The Labute approximate surface area is 160 Å². The minimum Gasteiger partial charge on any atom is -0.486 e. The van der Waals surface area contributed by atoms with Crippen LogP contribution < -0.4 is 4.74 Å². The van der Waals surface area contributed by atoms with Gasteiger partial charge in [-0.2, -0.15) is 13.2 Å². The van der Waals surface area contributed by atoms with E-state index in [2.05, 4.69) is 0 Å². The molecule has 2 aromatic carbocycles. The molecule has 0 aliphatic heterocycles. The molecule has 0 heterocycles. The molecule has 0 saturated heterocycles. The second-order valence-corrected chi connectivity index (χ2v) is 6.48. The number of hydrogen-bond donors (Lipinski definition) is 1. The van der Waals surface area contributed by atoms with Gasteiger partial charge >= 0.3 is 12.1 Å². The molecular weight excluding hydrogens is 383 g/mol. The molecule has 0 aliphatic carbocycles. The number of alkyl halides is 3. The monoisotopic (exact) mass is 401 g/mol. The number of carbonyl (C=O) groups is 1. The average molecular weight is 402 g/mol. The lowest BCUT2D eigenvalue weighted by Gasteiger charge is -2.23. The first-order chi connectivity index (χ1) is 12.7. The summed E-state index contributed by atoms with van der Waals surface area (Å²) in [5.41, 5.74) is -0.179. The maximum Gasteiger partial charge on any atom is 0.417 e. The molecule has 0 radical (unpaired) electrons. The van der Waals surface area contributed by atoms with Crippen LogP contribution >= 0.6 is 11.6 Å². The highest BCUT2D eigenvalue weighted by molar-refractivity contribution is 6.31. The fraction of sp³-hybridized carbons (Fsp3) is 0.316. The molecule has 0 bridgehead atoms. The molecule has 27 heavy (non-hydrogen) atoms. The number of likely N-dealkylation sites (N-methyl/N-ethyl adjacent to an activating group) is 1. The van der Waals surface area contributed by atoms with Crippen LogP contribution in [-0.2, 0) is 11.0 Å². The number of ether oxygens (including phenoxy) is 1. The van der Waals surface area contributed by atoms with E-state index in [0.29, 0.717) is 13.0 Å². The van der Waals surface area contributed by atoms with Crippen molar-refractivity contribution in [2.45, 2.75) is 18.7 Å². The summed E-state index contributed by atoms with van der Waals surface area (Å²) < 4.78 is 45.0. The zero-order chi connectivity index (χ0) is 20.0. The summed E-state index contributed by atoms with van der Waals surface area (Å²) in [7, 11) is 1.65. The van der Waals surface area contributed by atoms with Crippen molar-refractivity contribution in [2.24, 2.45) is 0 Å². The van der Waals surface area contributed by atoms with Crippen LogP contribution in [0.15, 0.2) is 48.5 Å². The second-order valence-electron chi connectivity index (χ2n) is 6.08. The van der Waals surface area contributed by atoms with Gasteiger partial charge in [0, 0.05) is 13.0 Å². The fourth-order valence-corrected chi connectivity index (χ4v) is 2.79. The Balaban J connectivity index is 2.21. The third kappa shape index (κ3) is 6.45. The highest BCUT2D eigenvalue weighted by Crippen LogP contribution is 2.37. The van der Waals surface area contributed by atoms with Crippen molar-refractivity contribution in [3.8, 4) is 5.75 Å². The molecule has 0 aromatic heterocycles. The molecule has 4 nitrogen and oxygen atoms in total. The van der Waals surface area contributed by atoms with E-state index in [1.165, 1.54) is 6.07 Å². The van der Waals surface area contributed by atoms with Gasteiger partial charge in [0.1, 0.15) is 11.9 Å². The highest BCUT2D eigenvalue weighted by Gasteiger charge is 2.33. The lowest BCUT2D eigenvalue weighted by Crippen LogP contribution is -2.28. The van der Waals surface area contributed by atoms with Crippen molar-refractivity contribution in [2.75, 3.05) is 20.1 Å². The minimum atomic E-state index is -4.58. The molecule has 0 fully saturated rings. The van der Waals surface area contributed by atoms with Gasteiger partial charge in [0.2, 0.25) is 0 Å². The van der Waals surface area contributed by atoms with E-state index < -0.39 is 28.8 Å². The van der Waals surface area contributed by atoms with Crippen LogP contribution in [0, 0.1) is 0 Å². The van der Waals surface area contributed by atoms with Crippen LogP contribution in [-0.4, -0.2) is 36.1 Å². The van der Waals surface area contributed by atoms with Crippen molar-refractivity contribution in [1.82, 2.24) is 4.90 Å². The van der Waals surface area contributed by atoms with Gasteiger partial charge < -0.3 is 9.84 Å². The van der Waals surface area contributed by atoms with E-state index in [-0.39, 0.29) is 12.3 Å². The molecule has 0 saturated carbocycles. The quantitative estimate of drug-likeness (QED) is 0.684. The lowest BCUT2D eigenvalue weighted by molar-refractivity contribution is -0.138. The van der Waals surface area contributed by atoms with Gasteiger partial charge in [-0.1, -0.05) is 41.9 Å². The number of halogens is 4. The van der Waals surface area contributed by atoms with Crippen molar-refractivity contribution in [3.05, 3.63) is 64.7 Å². The van der Waals surface area contributed by atoms with E-state index in [0.717, 1.165) is 17.7 Å². The summed E-state index contributed by atoms with van der Waals surface area (Å²) in [6, 6.07) is 12.4. The Morgan fingerprint density at radius 1 is 1.22 bits per heavy atom. The van der Waals surface area contributed by atoms with Gasteiger partial charge in [0.05, 0.1) is 17.1 Å². The van der Waals surface area contributed by atoms with E-state index >= 15 is 0 Å². The van der Waals surface area contributed by atoms with Crippen molar-refractivity contribution in [1.29, 1.82) is 0 Å². The van der Waals surface area contributed by atoms with Crippen LogP contribution in [0.3, 0.4) is 0 Å². The Hall–Kier alpha value is -2.25. The summed E-state index contributed by atoms with van der Waals surface area (Å²) >= 11 is 5.65. The first-order valence-electron chi connectivity index (χ1n) is 8.15. The highest BCUT2D eigenvalue weighted by atomic mass is 35.5. The molecule has 2 aromatic rings. The van der Waals surface area contributed by atoms with Gasteiger partial charge in [-0.15, -0.1) is 0 Å². The Morgan fingerprint density at radius 3 is 2.48 bits per heavy atom. The van der Waals surface area contributed by atoms with Crippen LogP contribution in [0.25, 0.3) is 0 Å². The molecule has 1 atom stereocenters. The van der Waals surface area contributed by atoms with Gasteiger partial charge in [-0.25, -0.2) is 0 Å². The normalized spacial score (nSPS) is 12.8. The van der Waals surface area contributed by atoms with Crippen LogP contribution in [0.4, 0.5) is 13.2 Å². The van der Waals surface area contributed by atoms with E-state index in [4.69, 9.17) is 21.4 Å². The van der Waals surface area contributed by atoms with Gasteiger partial charge in [-0.05, 0) is 30.8 Å². The van der Waals surface area contributed by atoms with E-state index in [1.54, 1.807) is 24.1 Å². The summed E-state index contributed by atoms with van der Waals surface area (Å²) in [6.45, 7) is 0.256. The number of carboxylic acid groups (broad SMARTS) is 1. The van der Waals surface area contributed by atoms with Crippen molar-refractivity contribution in [3.63, 3.8) is 0 Å². The molecule has 1 N–H and O–H groups in total. The van der Waals surface area contributed by atoms with Gasteiger partial charge in [-0.3, -0.25) is 9.69 Å². The molecule has 0 amide bonds. The molecule has 0 unspecified atom stereocenters. The fourth-order valence-electron chi connectivity index (χ4n) is 2.57. The number of rotatable bonds is 8. The molecule has 8 heteroatoms. The number of carboxylic acids is 1. The first-order valence-corrected chi connectivity index (χ1v) is 8.53. The summed E-state index contributed by atoms with van der Waals surface area (Å²) in [5, 5.41) is 8.45. The zero-order valence-electron chi connectivity index (χ0n) is 14.5. The molecule has 2 rings (SSSR count). The van der Waals surface area contributed by atoms with Gasteiger partial charge in [0.15, 0.2) is 0 Å². The second kappa shape index (κ2) is 9.10. The Bertz CT molecular complexity index is 769. The molecular formula is C19H19ClF3NO3. The number of nitrogens with zero attached hydrogens (tertiary/aromatic N) is 1. The maximum atomic E-state index is 13.1. The van der Waals surface area contributed by atoms with E-state index in [1.807, 2.05) is 18.2 Å². The predicted molar refractivity (Wildman–Crippen MR) is 96.0 cm³/mol. The standard InChI is InChI=1S/C19H19ClF3NO3/c1-24(12-18(25)26)10-9-17(13-5-3-2-4-6-13)27-14-7-8-16(20)15(11-14)19(21,22)23/h2-8,11,17H,9-10,12H2,1H3,(H,25,26)/t17-/m0/s1. The van der Waals surface area contributed by atoms with Gasteiger partial charge in [0.25, 0.3) is 0 Å². The summed E-state index contributed by atoms with van der Waals surface area (Å²) in [4.78, 5) is 12.4. The third-order valence-electron chi connectivity index (χ3n) is 3.87. The minimum absolute atomic E-state index is 0.0430. The third-order valence-corrected chi connectivity index (χ3v) is 4.20. The van der Waals surface area contributed by atoms with Crippen LogP contribution in [0.5, 0.6) is 5.75 Å². The topological polar surface area (TPSA) is 49.8 Å². The lowest BCUT2D eigenvalue weighted by atomic mass is 10.1. The van der Waals surface area contributed by atoms with Crippen LogP contribution in [0.2, 0.25) is 5.02 Å². The Morgan fingerprint density at radius 2 is 1.89 bits per heavy atom. The van der Waals surface area contributed by atoms with E-state index in [9.17, 15) is 18.0 Å². The molecule has 0 aliphatic rings. The number of hydrogen-bond acceptors (Lipinski definition) is 3. The Kier molecular flexibility index (Phi) is 7.10. The average Bonchev–Trinajstić information content (AvgIpc) is 2.59. The van der Waals surface area contributed by atoms with Crippen LogP contribution in [0.1, 0.15) is 23.7 Å². The molecule has 146 valence electrons. The smallest absolute Gasteiger partial charge is 0.417 e. The molecule has 0 spiro atoms. The predicted octanol–water partition coefficient (Wildman–Crippen LogP) is 4.89. The maximum absolute atomic E-state index is 13.1. The number of aliphatic carboxylic acids is 1.